The first kappa shape index (κ1) is 20.7. The smallest absolute Gasteiger partial charge is 0.238 e. The van der Waals surface area contributed by atoms with E-state index < -0.39 is 0 Å². The summed E-state index contributed by atoms with van der Waals surface area (Å²) >= 11 is 0. The zero-order valence-electron chi connectivity index (χ0n) is 18.2. The van der Waals surface area contributed by atoms with Crippen molar-refractivity contribution in [3.63, 3.8) is 0 Å². The van der Waals surface area contributed by atoms with Gasteiger partial charge in [0.15, 0.2) is 0 Å². The van der Waals surface area contributed by atoms with E-state index in [4.69, 9.17) is 4.74 Å². The molecule has 0 radical (unpaired) electrons. The number of ether oxygens (including phenoxy) is 1. The number of carbonyl (C=O) groups is 1. The van der Waals surface area contributed by atoms with Crippen molar-refractivity contribution in [2.45, 2.75) is 12.5 Å². The Morgan fingerprint density at radius 2 is 1.62 bits per heavy atom. The summed E-state index contributed by atoms with van der Waals surface area (Å²) in [6.45, 7) is 5.36. The number of rotatable bonds is 5. The summed E-state index contributed by atoms with van der Waals surface area (Å²) in [5.41, 5.74) is 5.97. The highest BCUT2D eigenvalue weighted by atomic mass is 16.5. The molecule has 0 bridgehead atoms. The zero-order chi connectivity index (χ0) is 21.8. The van der Waals surface area contributed by atoms with Crippen LogP contribution in [0.1, 0.15) is 22.6 Å². The second-order valence-corrected chi connectivity index (χ2v) is 8.53. The minimum absolute atomic E-state index is 0.0234. The van der Waals surface area contributed by atoms with Gasteiger partial charge < -0.3 is 15.0 Å². The molecule has 2 heterocycles. The fraction of sp³-hybridized carbons (Fsp3) is 0.296. The van der Waals surface area contributed by atoms with Gasteiger partial charge in [0.05, 0.1) is 19.8 Å². The van der Waals surface area contributed by atoms with Gasteiger partial charge in [0.25, 0.3) is 0 Å². The highest BCUT2D eigenvalue weighted by Crippen LogP contribution is 2.33. The maximum Gasteiger partial charge on any atom is 0.238 e. The first-order valence-electron chi connectivity index (χ1n) is 11.3. The number of hydrogen-bond acceptors (Lipinski definition) is 4. The van der Waals surface area contributed by atoms with Gasteiger partial charge >= 0.3 is 0 Å². The van der Waals surface area contributed by atoms with Crippen LogP contribution in [0.5, 0.6) is 0 Å². The van der Waals surface area contributed by atoms with Crippen LogP contribution in [0.25, 0.3) is 0 Å². The number of amides is 1. The van der Waals surface area contributed by atoms with Crippen LogP contribution < -0.4 is 10.2 Å². The van der Waals surface area contributed by atoms with E-state index >= 15 is 0 Å². The number of benzene rings is 3. The van der Waals surface area contributed by atoms with E-state index in [1.54, 1.807) is 0 Å². The van der Waals surface area contributed by atoms with Crippen molar-refractivity contribution >= 4 is 17.3 Å². The summed E-state index contributed by atoms with van der Waals surface area (Å²) in [6, 6.07) is 27.3. The van der Waals surface area contributed by atoms with E-state index in [1.165, 1.54) is 22.4 Å². The van der Waals surface area contributed by atoms with Crippen LogP contribution in [0.3, 0.4) is 0 Å². The van der Waals surface area contributed by atoms with E-state index in [-0.39, 0.29) is 11.8 Å². The van der Waals surface area contributed by atoms with Crippen molar-refractivity contribution in [2.75, 3.05) is 49.6 Å². The van der Waals surface area contributed by atoms with E-state index in [0.717, 1.165) is 45.1 Å². The molecule has 1 amide bonds. The molecule has 0 unspecified atom stereocenters. The molecular weight excluding hydrogens is 398 g/mol. The molecule has 164 valence electrons. The summed E-state index contributed by atoms with van der Waals surface area (Å²) < 4.78 is 5.42. The Morgan fingerprint density at radius 1 is 0.906 bits per heavy atom. The van der Waals surface area contributed by atoms with Crippen molar-refractivity contribution in [3.05, 3.63) is 95.6 Å². The highest BCUT2D eigenvalue weighted by molar-refractivity contribution is 5.92. The third-order valence-electron chi connectivity index (χ3n) is 6.36. The topological polar surface area (TPSA) is 44.8 Å². The molecule has 1 N–H and O–H groups in total. The number of hydrogen-bond donors (Lipinski definition) is 1. The Bertz CT molecular complexity index is 1050. The van der Waals surface area contributed by atoms with Gasteiger partial charge in [0, 0.05) is 43.5 Å². The molecule has 5 rings (SSSR count). The van der Waals surface area contributed by atoms with Crippen LogP contribution in [-0.2, 0) is 16.1 Å². The molecule has 5 heteroatoms. The van der Waals surface area contributed by atoms with Crippen molar-refractivity contribution in [3.8, 4) is 0 Å². The van der Waals surface area contributed by atoms with Crippen LogP contribution in [0, 0.1) is 0 Å². The number of fused-ring (bicyclic) bond motifs is 1. The van der Waals surface area contributed by atoms with Gasteiger partial charge in [-0.2, -0.15) is 0 Å². The molecule has 0 aliphatic carbocycles. The number of nitrogens with zero attached hydrogens (tertiary/aromatic N) is 2. The van der Waals surface area contributed by atoms with Crippen LogP contribution in [-0.4, -0.2) is 50.2 Å². The molecular formula is C27H29N3O2. The van der Waals surface area contributed by atoms with E-state index in [0.29, 0.717) is 6.54 Å². The van der Waals surface area contributed by atoms with Crippen molar-refractivity contribution in [1.82, 2.24) is 4.90 Å². The second kappa shape index (κ2) is 9.55. The average Bonchev–Trinajstić information content (AvgIpc) is 2.85. The van der Waals surface area contributed by atoms with Crippen LogP contribution in [0.15, 0.2) is 78.9 Å². The first-order chi connectivity index (χ1) is 15.8. The van der Waals surface area contributed by atoms with Crippen molar-refractivity contribution in [1.29, 1.82) is 0 Å². The molecule has 2 aliphatic heterocycles. The van der Waals surface area contributed by atoms with Gasteiger partial charge in [-0.3, -0.25) is 9.69 Å². The molecule has 32 heavy (non-hydrogen) atoms. The molecule has 1 atom stereocenters. The quantitative estimate of drug-likeness (QED) is 0.666. The van der Waals surface area contributed by atoms with Gasteiger partial charge in [0.2, 0.25) is 5.91 Å². The predicted octanol–water partition coefficient (Wildman–Crippen LogP) is 4.11. The van der Waals surface area contributed by atoms with Gasteiger partial charge in [-0.25, -0.2) is 0 Å². The standard InChI is InChI=1S/C27H29N3O2/c31-27(28-23-10-12-24(13-11-23)30-14-16-32-17-15-30)20-29-18-22-8-4-5-9-25(22)26(19-29)21-6-2-1-3-7-21/h1-13,26H,14-20H2,(H,28,31)/t26-/m0/s1. The van der Waals surface area contributed by atoms with Gasteiger partial charge in [-0.05, 0) is 41.0 Å². The van der Waals surface area contributed by atoms with Gasteiger partial charge in [-0.1, -0.05) is 54.6 Å². The normalized spacial score (nSPS) is 18.8. The minimum atomic E-state index is 0.0234. The summed E-state index contributed by atoms with van der Waals surface area (Å²) in [5.74, 6) is 0.303. The Labute approximate surface area is 189 Å². The maximum atomic E-state index is 12.8. The van der Waals surface area contributed by atoms with Gasteiger partial charge in [0.1, 0.15) is 0 Å². The fourth-order valence-electron chi connectivity index (χ4n) is 4.75. The van der Waals surface area contributed by atoms with Gasteiger partial charge in [-0.15, -0.1) is 0 Å². The Balaban J connectivity index is 1.24. The Hall–Kier alpha value is -3.15. The predicted molar refractivity (Wildman–Crippen MR) is 128 cm³/mol. The summed E-state index contributed by atoms with van der Waals surface area (Å²) in [7, 11) is 0. The number of anilines is 2. The molecule has 2 aliphatic rings. The third kappa shape index (κ3) is 4.69. The molecule has 3 aromatic carbocycles. The van der Waals surface area contributed by atoms with Crippen LogP contribution in [0.4, 0.5) is 11.4 Å². The third-order valence-corrected chi connectivity index (χ3v) is 6.36. The zero-order valence-corrected chi connectivity index (χ0v) is 18.2. The Morgan fingerprint density at radius 3 is 2.41 bits per heavy atom. The monoisotopic (exact) mass is 427 g/mol. The van der Waals surface area contributed by atoms with E-state index in [1.807, 2.05) is 18.2 Å². The lowest BCUT2D eigenvalue weighted by Crippen LogP contribution is -2.39. The fourth-order valence-corrected chi connectivity index (χ4v) is 4.75. The SMILES string of the molecule is O=C(CN1Cc2ccccc2[C@H](c2ccccc2)C1)Nc1ccc(N2CCOCC2)cc1. The molecule has 1 fully saturated rings. The van der Waals surface area contributed by atoms with Crippen molar-refractivity contribution < 1.29 is 9.53 Å². The Kier molecular flexibility index (Phi) is 6.19. The lowest BCUT2D eigenvalue weighted by atomic mass is 9.84. The molecule has 1 saturated heterocycles. The van der Waals surface area contributed by atoms with Crippen LogP contribution >= 0.6 is 0 Å². The van der Waals surface area contributed by atoms with E-state index in [9.17, 15) is 4.79 Å². The maximum absolute atomic E-state index is 12.8. The lowest BCUT2D eigenvalue weighted by Gasteiger charge is -2.34. The lowest BCUT2D eigenvalue weighted by molar-refractivity contribution is -0.117. The largest absolute Gasteiger partial charge is 0.378 e. The molecule has 3 aromatic rings. The van der Waals surface area contributed by atoms with Crippen LogP contribution in [0.2, 0.25) is 0 Å². The number of morpholine rings is 1. The summed E-state index contributed by atoms with van der Waals surface area (Å²) in [5, 5.41) is 3.07. The highest BCUT2D eigenvalue weighted by Gasteiger charge is 2.27. The second-order valence-electron chi connectivity index (χ2n) is 8.53. The summed E-state index contributed by atoms with van der Waals surface area (Å²) in [4.78, 5) is 17.4. The average molecular weight is 428 g/mol. The molecule has 0 saturated carbocycles. The van der Waals surface area contributed by atoms with Crippen molar-refractivity contribution in [2.24, 2.45) is 0 Å². The first-order valence-corrected chi connectivity index (χ1v) is 11.3. The molecule has 5 nitrogen and oxygen atoms in total. The number of nitrogens with one attached hydrogen (secondary N) is 1. The number of carbonyl (C=O) groups excluding carboxylic acids is 1. The summed E-state index contributed by atoms with van der Waals surface area (Å²) in [6.07, 6.45) is 0. The molecule has 0 spiro atoms. The van der Waals surface area contributed by atoms with E-state index in [2.05, 4.69) is 75.8 Å². The minimum Gasteiger partial charge on any atom is -0.378 e. The molecule has 0 aromatic heterocycles.